The summed E-state index contributed by atoms with van der Waals surface area (Å²) in [5.74, 6) is 1.67. The van der Waals surface area contributed by atoms with Gasteiger partial charge in [0.05, 0.1) is 13.7 Å². The highest BCUT2D eigenvalue weighted by molar-refractivity contribution is 5.96. The molecule has 29 heavy (non-hydrogen) atoms. The lowest BCUT2D eigenvalue weighted by atomic mass is 9.94. The highest BCUT2D eigenvalue weighted by Crippen LogP contribution is 2.31. The Balaban J connectivity index is 1.38. The van der Waals surface area contributed by atoms with Gasteiger partial charge in [0.2, 0.25) is 5.91 Å². The molecule has 2 aliphatic rings. The molecule has 0 radical (unpaired) electrons. The van der Waals surface area contributed by atoms with Crippen LogP contribution in [-0.4, -0.2) is 50.8 Å². The number of likely N-dealkylation sites (tertiary alicyclic amines) is 1. The lowest BCUT2D eigenvalue weighted by Gasteiger charge is -2.32. The molecule has 4 rings (SSSR count). The number of piperidine rings is 1. The Hall–Kier alpha value is -2.37. The Kier molecular flexibility index (Phi) is 6.47. The number of carbonyl (C=O) groups is 1. The SMILES string of the molecule is COc1cccc(-c2ccccc2NC(=O)C2CCN(CC3CCOC3)CC2)c1. The molecule has 1 atom stereocenters. The second-order valence-corrected chi connectivity index (χ2v) is 8.07. The molecule has 0 saturated carbocycles. The third kappa shape index (κ3) is 4.98. The molecule has 0 aromatic heterocycles. The van der Waals surface area contributed by atoms with Gasteiger partial charge in [-0.1, -0.05) is 30.3 Å². The first-order valence-electron chi connectivity index (χ1n) is 10.6. The largest absolute Gasteiger partial charge is 0.497 e. The molecule has 1 N–H and O–H groups in total. The molecule has 1 unspecified atom stereocenters. The fourth-order valence-corrected chi connectivity index (χ4v) is 4.34. The quantitative estimate of drug-likeness (QED) is 0.803. The minimum atomic E-state index is 0.0736. The molecule has 0 aliphatic carbocycles. The van der Waals surface area contributed by atoms with Gasteiger partial charge in [-0.3, -0.25) is 4.79 Å². The van der Waals surface area contributed by atoms with Crippen LogP contribution in [0.5, 0.6) is 5.75 Å². The van der Waals surface area contributed by atoms with Crippen molar-refractivity contribution in [2.75, 3.05) is 45.3 Å². The Labute approximate surface area is 173 Å². The van der Waals surface area contributed by atoms with Crippen LogP contribution in [0, 0.1) is 11.8 Å². The highest BCUT2D eigenvalue weighted by Gasteiger charge is 2.27. The van der Waals surface area contributed by atoms with E-state index >= 15 is 0 Å². The van der Waals surface area contributed by atoms with Crippen LogP contribution in [0.3, 0.4) is 0 Å². The number of anilines is 1. The van der Waals surface area contributed by atoms with Crippen molar-refractivity contribution in [3.8, 4) is 16.9 Å². The molecule has 2 fully saturated rings. The summed E-state index contributed by atoms with van der Waals surface area (Å²) in [5.41, 5.74) is 2.91. The second kappa shape index (κ2) is 9.42. The Morgan fingerprint density at radius 3 is 2.72 bits per heavy atom. The molecule has 154 valence electrons. The van der Waals surface area contributed by atoms with Crippen molar-refractivity contribution in [1.29, 1.82) is 0 Å². The zero-order valence-corrected chi connectivity index (χ0v) is 17.1. The van der Waals surface area contributed by atoms with Gasteiger partial charge in [0, 0.05) is 30.3 Å². The fraction of sp³-hybridized carbons (Fsp3) is 0.458. The molecular weight excluding hydrogens is 364 g/mol. The molecular formula is C24H30N2O3. The number of nitrogens with one attached hydrogen (secondary N) is 1. The molecule has 1 amide bonds. The molecule has 5 heteroatoms. The van der Waals surface area contributed by atoms with Crippen LogP contribution in [-0.2, 0) is 9.53 Å². The first-order valence-corrected chi connectivity index (χ1v) is 10.6. The number of nitrogens with zero attached hydrogens (tertiary/aromatic N) is 1. The number of rotatable bonds is 6. The predicted molar refractivity (Wildman–Crippen MR) is 115 cm³/mol. The van der Waals surface area contributed by atoms with E-state index in [9.17, 15) is 4.79 Å². The maximum absolute atomic E-state index is 13.0. The summed E-state index contributed by atoms with van der Waals surface area (Å²) in [6.07, 6.45) is 3.00. The van der Waals surface area contributed by atoms with Gasteiger partial charge in [-0.2, -0.15) is 0 Å². The van der Waals surface area contributed by atoms with E-state index in [0.717, 1.165) is 68.3 Å². The maximum atomic E-state index is 13.0. The molecule has 2 saturated heterocycles. The maximum Gasteiger partial charge on any atom is 0.227 e. The number of ether oxygens (including phenoxy) is 2. The van der Waals surface area contributed by atoms with Gasteiger partial charge in [0.15, 0.2) is 0 Å². The zero-order chi connectivity index (χ0) is 20.1. The fourth-order valence-electron chi connectivity index (χ4n) is 4.34. The highest BCUT2D eigenvalue weighted by atomic mass is 16.5. The van der Waals surface area contributed by atoms with E-state index in [2.05, 4.69) is 10.2 Å². The van der Waals surface area contributed by atoms with Gasteiger partial charge in [0.1, 0.15) is 5.75 Å². The average Bonchev–Trinajstić information content (AvgIpc) is 3.28. The van der Waals surface area contributed by atoms with Gasteiger partial charge < -0.3 is 19.7 Å². The smallest absolute Gasteiger partial charge is 0.227 e. The van der Waals surface area contributed by atoms with Gasteiger partial charge in [-0.25, -0.2) is 0 Å². The lowest BCUT2D eigenvalue weighted by Crippen LogP contribution is -2.40. The number of para-hydroxylation sites is 1. The van der Waals surface area contributed by atoms with Crippen molar-refractivity contribution >= 4 is 11.6 Å². The molecule has 2 aromatic carbocycles. The Morgan fingerprint density at radius 2 is 1.97 bits per heavy atom. The standard InChI is InChI=1S/C24H30N2O3/c1-28-21-6-4-5-20(15-21)22-7-2-3-8-23(22)25-24(27)19-9-12-26(13-10-19)16-18-11-14-29-17-18/h2-8,15,18-19H,9-14,16-17H2,1H3,(H,25,27). The molecule has 5 nitrogen and oxygen atoms in total. The number of hydrogen-bond donors (Lipinski definition) is 1. The van der Waals surface area contributed by atoms with E-state index in [0.29, 0.717) is 5.92 Å². The normalized spacial score (nSPS) is 20.5. The first-order chi connectivity index (χ1) is 14.2. The van der Waals surface area contributed by atoms with Crippen LogP contribution < -0.4 is 10.1 Å². The average molecular weight is 395 g/mol. The number of amides is 1. The summed E-state index contributed by atoms with van der Waals surface area (Å²) in [5, 5.41) is 3.19. The molecule has 2 aromatic rings. The van der Waals surface area contributed by atoms with Gasteiger partial charge in [-0.05, 0) is 62.0 Å². The van der Waals surface area contributed by atoms with Crippen LogP contribution in [0.25, 0.3) is 11.1 Å². The number of hydrogen-bond acceptors (Lipinski definition) is 4. The third-order valence-electron chi connectivity index (χ3n) is 6.06. The molecule has 2 aliphatic heterocycles. The van der Waals surface area contributed by atoms with Crippen LogP contribution in [0.2, 0.25) is 0 Å². The minimum Gasteiger partial charge on any atom is -0.497 e. The van der Waals surface area contributed by atoms with E-state index in [-0.39, 0.29) is 11.8 Å². The van der Waals surface area contributed by atoms with Crippen LogP contribution in [0.1, 0.15) is 19.3 Å². The van der Waals surface area contributed by atoms with Crippen LogP contribution in [0.15, 0.2) is 48.5 Å². The zero-order valence-electron chi connectivity index (χ0n) is 17.1. The number of benzene rings is 2. The summed E-state index contributed by atoms with van der Waals surface area (Å²) in [4.78, 5) is 15.4. The molecule has 2 heterocycles. The molecule has 0 bridgehead atoms. The predicted octanol–water partition coefficient (Wildman–Crippen LogP) is 4.05. The summed E-state index contributed by atoms with van der Waals surface area (Å²) in [7, 11) is 1.67. The first kappa shape index (κ1) is 19.9. The van der Waals surface area contributed by atoms with Crippen molar-refractivity contribution < 1.29 is 14.3 Å². The monoisotopic (exact) mass is 394 g/mol. The molecule has 0 spiro atoms. The summed E-state index contributed by atoms with van der Waals surface area (Å²) in [6.45, 7) is 4.88. The Morgan fingerprint density at radius 1 is 1.14 bits per heavy atom. The topological polar surface area (TPSA) is 50.8 Å². The van der Waals surface area contributed by atoms with E-state index in [4.69, 9.17) is 9.47 Å². The van der Waals surface area contributed by atoms with Gasteiger partial charge in [0.25, 0.3) is 0 Å². The van der Waals surface area contributed by atoms with E-state index in [1.165, 1.54) is 6.42 Å². The van der Waals surface area contributed by atoms with Crippen molar-refractivity contribution in [2.24, 2.45) is 11.8 Å². The Bertz CT molecular complexity index is 824. The van der Waals surface area contributed by atoms with Gasteiger partial charge in [-0.15, -0.1) is 0 Å². The lowest BCUT2D eigenvalue weighted by molar-refractivity contribution is -0.121. The third-order valence-corrected chi connectivity index (χ3v) is 6.06. The van der Waals surface area contributed by atoms with Crippen LogP contribution >= 0.6 is 0 Å². The summed E-state index contributed by atoms with van der Waals surface area (Å²) < 4.78 is 10.8. The van der Waals surface area contributed by atoms with Gasteiger partial charge >= 0.3 is 0 Å². The van der Waals surface area contributed by atoms with E-state index in [1.54, 1.807) is 7.11 Å². The summed E-state index contributed by atoms with van der Waals surface area (Å²) >= 11 is 0. The number of methoxy groups -OCH3 is 1. The van der Waals surface area contributed by atoms with E-state index < -0.39 is 0 Å². The van der Waals surface area contributed by atoms with Crippen LogP contribution in [0.4, 0.5) is 5.69 Å². The summed E-state index contributed by atoms with van der Waals surface area (Å²) in [6, 6.07) is 15.9. The second-order valence-electron chi connectivity index (χ2n) is 8.07. The number of carbonyl (C=O) groups excluding carboxylic acids is 1. The van der Waals surface area contributed by atoms with Crippen molar-refractivity contribution in [2.45, 2.75) is 19.3 Å². The van der Waals surface area contributed by atoms with E-state index in [1.807, 2.05) is 48.5 Å². The van der Waals surface area contributed by atoms with Crippen molar-refractivity contribution in [3.05, 3.63) is 48.5 Å². The van der Waals surface area contributed by atoms with Crippen molar-refractivity contribution in [3.63, 3.8) is 0 Å². The minimum absolute atomic E-state index is 0.0736. The van der Waals surface area contributed by atoms with Crippen molar-refractivity contribution in [1.82, 2.24) is 4.90 Å².